The van der Waals surface area contributed by atoms with E-state index in [9.17, 15) is 9.59 Å². The van der Waals surface area contributed by atoms with Gasteiger partial charge >= 0.3 is 0 Å². The molecule has 0 radical (unpaired) electrons. The van der Waals surface area contributed by atoms with E-state index in [4.69, 9.17) is 9.47 Å². The molecule has 6 nitrogen and oxygen atoms in total. The van der Waals surface area contributed by atoms with Gasteiger partial charge in [0.2, 0.25) is 5.91 Å². The summed E-state index contributed by atoms with van der Waals surface area (Å²) in [6, 6.07) is 14.6. The third-order valence-corrected chi connectivity index (χ3v) is 5.31. The van der Waals surface area contributed by atoms with Crippen LogP contribution in [0.4, 0.5) is 0 Å². The highest BCUT2D eigenvalue weighted by Gasteiger charge is 2.26. The van der Waals surface area contributed by atoms with E-state index in [1.165, 1.54) is 5.56 Å². The number of carbonyl (C=O) groups is 2. The Hall–Kier alpha value is -3.02. The number of ether oxygens (including phenoxy) is 2. The minimum atomic E-state index is -0.622. The van der Waals surface area contributed by atoms with Gasteiger partial charge in [0, 0.05) is 13.1 Å². The standard InChI is InChI=1S/C26H36N2O4/c1-7-16-27-25(30)19(2)28(17-20-8-12-22(31-6)13-9-20)24(29)18-32-23-14-10-21(11-15-23)26(3,4)5/h8-15,19H,7,16-18H2,1-6H3,(H,27,30)/t19-/m1/s1. The Balaban J connectivity index is 2.12. The molecule has 32 heavy (non-hydrogen) atoms. The Labute approximate surface area is 191 Å². The molecule has 0 bridgehead atoms. The average Bonchev–Trinajstić information content (AvgIpc) is 2.79. The lowest BCUT2D eigenvalue weighted by molar-refractivity contribution is -0.142. The Bertz CT molecular complexity index is 870. The van der Waals surface area contributed by atoms with Crippen molar-refractivity contribution in [3.8, 4) is 11.5 Å². The predicted molar refractivity (Wildman–Crippen MR) is 127 cm³/mol. The Morgan fingerprint density at radius 3 is 2.12 bits per heavy atom. The van der Waals surface area contributed by atoms with E-state index in [1.807, 2.05) is 55.5 Å². The Kier molecular flexibility index (Phi) is 9.12. The van der Waals surface area contributed by atoms with E-state index in [2.05, 4.69) is 26.1 Å². The van der Waals surface area contributed by atoms with Crippen LogP contribution in [0.15, 0.2) is 48.5 Å². The summed E-state index contributed by atoms with van der Waals surface area (Å²) >= 11 is 0. The fourth-order valence-electron chi connectivity index (χ4n) is 3.19. The lowest BCUT2D eigenvalue weighted by atomic mass is 9.87. The van der Waals surface area contributed by atoms with Gasteiger partial charge in [0.25, 0.3) is 5.91 Å². The zero-order chi connectivity index (χ0) is 23.7. The van der Waals surface area contributed by atoms with Crippen molar-refractivity contribution in [2.75, 3.05) is 20.3 Å². The molecule has 1 atom stereocenters. The van der Waals surface area contributed by atoms with Crippen molar-refractivity contribution in [3.63, 3.8) is 0 Å². The van der Waals surface area contributed by atoms with Gasteiger partial charge < -0.3 is 19.7 Å². The number of amides is 2. The predicted octanol–water partition coefficient (Wildman–Crippen LogP) is 4.32. The summed E-state index contributed by atoms with van der Waals surface area (Å²) in [6.45, 7) is 10.9. The summed E-state index contributed by atoms with van der Waals surface area (Å²) in [6.07, 6.45) is 0.832. The molecule has 2 aromatic rings. The van der Waals surface area contributed by atoms with Gasteiger partial charge in [0.1, 0.15) is 17.5 Å². The second-order valence-electron chi connectivity index (χ2n) is 8.90. The SMILES string of the molecule is CCCNC(=O)[C@@H](C)N(Cc1ccc(OC)cc1)C(=O)COc1ccc(C(C)(C)C)cc1. The summed E-state index contributed by atoms with van der Waals surface area (Å²) in [7, 11) is 1.61. The van der Waals surface area contributed by atoms with Crippen molar-refractivity contribution in [2.24, 2.45) is 0 Å². The topological polar surface area (TPSA) is 67.9 Å². The van der Waals surface area contributed by atoms with Crippen LogP contribution in [-0.4, -0.2) is 43.0 Å². The number of methoxy groups -OCH3 is 1. The molecule has 0 heterocycles. The van der Waals surface area contributed by atoms with E-state index >= 15 is 0 Å². The summed E-state index contributed by atoms with van der Waals surface area (Å²) < 4.78 is 11.0. The highest BCUT2D eigenvalue weighted by atomic mass is 16.5. The minimum absolute atomic E-state index is 0.0464. The van der Waals surface area contributed by atoms with Crippen LogP contribution in [0.3, 0.4) is 0 Å². The molecule has 0 saturated carbocycles. The van der Waals surface area contributed by atoms with Crippen molar-refractivity contribution in [3.05, 3.63) is 59.7 Å². The maximum Gasteiger partial charge on any atom is 0.261 e. The molecule has 0 aromatic heterocycles. The molecule has 6 heteroatoms. The largest absolute Gasteiger partial charge is 0.497 e. The molecular weight excluding hydrogens is 404 g/mol. The first kappa shape index (κ1) is 25.2. The lowest BCUT2D eigenvalue weighted by Gasteiger charge is -2.29. The average molecular weight is 441 g/mol. The summed E-state index contributed by atoms with van der Waals surface area (Å²) in [5, 5.41) is 2.87. The molecule has 0 aliphatic heterocycles. The van der Waals surface area contributed by atoms with Gasteiger partial charge in [-0.3, -0.25) is 9.59 Å². The first-order valence-corrected chi connectivity index (χ1v) is 11.1. The molecule has 174 valence electrons. The normalized spacial score (nSPS) is 12.1. The molecule has 0 spiro atoms. The minimum Gasteiger partial charge on any atom is -0.497 e. The number of benzene rings is 2. The smallest absolute Gasteiger partial charge is 0.261 e. The highest BCUT2D eigenvalue weighted by molar-refractivity contribution is 5.87. The van der Waals surface area contributed by atoms with Crippen LogP contribution in [-0.2, 0) is 21.5 Å². The van der Waals surface area contributed by atoms with Crippen LogP contribution in [0.1, 0.15) is 52.2 Å². The second kappa shape index (κ2) is 11.6. The molecule has 2 rings (SSSR count). The van der Waals surface area contributed by atoms with Gasteiger partial charge in [-0.15, -0.1) is 0 Å². The number of rotatable bonds is 10. The molecular formula is C26H36N2O4. The maximum atomic E-state index is 13.1. The van der Waals surface area contributed by atoms with E-state index in [1.54, 1.807) is 18.9 Å². The van der Waals surface area contributed by atoms with Crippen molar-refractivity contribution in [2.45, 2.75) is 59.0 Å². The van der Waals surface area contributed by atoms with Gasteiger partial charge in [-0.25, -0.2) is 0 Å². The number of nitrogens with one attached hydrogen (secondary N) is 1. The van der Waals surface area contributed by atoms with Gasteiger partial charge in [-0.1, -0.05) is 52.0 Å². The molecule has 2 aromatic carbocycles. The zero-order valence-corrected chi connectivity index (χ0v) is 20.1. The fourth-order valence-corrected chi connectivity index (χ4v) is 3.19. The highest BCUT2D eigenvalue weighted by Crippen LogP contribution is 2.24. The molecule has 0 unspecified atom stereocenters. The number of hydrogen-bond donors (Lipinski definition) is 1. The maximum absolute atomic E-state index is 13.1. The van der Waals surface area contributed by atoms with Gasteiger partial charge in [-0.2, -0.15) is 0 Å². The lowest BCUT2D eigenvalue weighted by Crippen LogP contribution is -2.49. The van der Waals surface area contributed by atoms with Gasteiger partial charge in [0.15, 0.2) is 6.61 Å². The van der Waals surface area contributed by atoms with Crippen molar-refractivity contribution >= 4 is 11.8 Å². The number of hydrogen-bond acceptors (Lipinski definition) is 4. The summed E-state index contributed by atoms with van der Waals surface area (Å²) in [5.74, 6) is 0.935. The van der Waals surface area contributed by atoms with E-state index < -0.39 is 6.04 Å². The summed E-state index contributed by atoms with van der Waals surface area (Å²) in [4.78, 5) is 27.2. The van der Waals surface area contributed by atoms with E-state index in [-0.39, 0.29) is 23.8 Å². The molecule has 0 aliphatic rings. The second-order valence-corrected chi connectivity index (χ2v) is 8.90. The van der Waals surface area contributed by atoms with Crippen molar-refractivity contribution in [1.82, 2.24) is 10.2 Å². The van der Waals surface area contributed by atoms with Crippen molar-refractivity contribution in [1.29, 1.82) is 0 Å². The molecule has 0 fully saturated rings. The van der Waals surface area contributed by atoms with E-state index in [0.717, 1.165) is 17.7 Å². The van der Waals surface area contributed by atoms with Crippen LogP contribution in [0, 0.1) is 0 Å². The van der Waals surface area contributed by atoms with Crippen LogP contribution < -0.4 is 14.8 Å². The van der Waals surface area contributed by atoms with Crippen LogP contribution in [0.5, 0.6) is 11.5 Å². The quantitative estimate of drug-likeness (QED) is 0.598. The van der Waals surface area contributed by atoms with Crippen LogP contribution in [0.25, 0.3) is 0 Å². The summed E-state index contributed by atoms with van der Waals surface area (Å²) in [5.41, 5.74) is 2.15. The van der Waals surface area contributed by atoms with Gasteiger partial charge in [-0.05, 0) is 54.2 Å². The van der Waals surface area contributed by atoms with Crippen LogP contribution >= 0.6 is 0 Å². The number of carbonyl (C=O) groups excluding carboxylic acids is 2. The van der Waals surface area contributed by atoms with E-state index in [0.29, 0.717) is 18.8 Å². The Morgan fingerprint density at radius 1 is 1.00 bits per heavy atom. The van der Waals surface area contributed by atoms with Gasteiger partial charge in [0.05, 0.1) is 7.11 Å². The molecule has 0 saturated heterocycles. The van der Waals surface area contributed by atoms with Crippen LogP contribution in [0.2, 0.25) is 0 Å². The number of nitrogens with zero attached hydrogens (tertiary/aromatic N) is 1. The molecule has 1 N–H and O–H groups in total. The molecule has 2 amide bonds. The first-order valence-electron chi connectivity index (χ1n) is 11.1. The third-order valence-electron chi connectivity index (χ3n) is 5.31. The molecule has 0 aliphatic carbocycles. The fraction of sp³-hybridized carbons (Fsp3) is 0.462. The third kappa shape index (κ3) is 7.29. The van der Waals surface area contributed by atoms with Crippen molar-refractivity contribution < 1.29 is 19.1 Å². The first-order chi connectivity index (χ1) is 15.2. The Morgan fingerprint density at radius 2 is 1.59 bits per heavy atom. The monoisotopic (exact) mass is 440 g/mol. The zero-order valence-electron chi connectivity index (χ0n) is 20.1.